The van der Waals surface area contributed by atoms with E-state index in [9.17, 15) is 45.5 Å². The van der Waals surface area contributed by atoms with E-state index in [1.165, 1.54) is 4.90 Å². The molecule has 0 atom stereocenters. The maximum Gasteiger partial charge on any atom is 0.490 e. The number of amides is 3. The minimum absolute atomic E-state index is 0.169. The number of rotatable bonds is 8. The number of halogens is 6. The van der Waals surface area contributed by atoms with Crippen LogP contribution in [0.4, 0.5) is 37.7 Å². The summed E-state index contributed by atoms with van der Waals surface area (Å²) in [5.41, 5.74) is 15.1. The maximum absolute atomic E-state index is 12.6. The number of carboxylic acids is 3. The molecule has 2 aliphatic heterocycles. The number of carbonyl (C=O) groups excluding carboxylic acids is 3. The molecule has 0 bridgehead atoms. The summed E-state index contributed by atoms with van der Waals surface area (Å²) in [7, 11) is 0. The molecule has 20 heteroatoms. The van der Waals surface area contributed by atoms with Crippen LogP contribution in [0.2, 0.25) is 0 Å². The fraction of sp³-hybridized carbons (Fsp3) is 0.333. The van der Waals surface area contributed by atoms with Crippen LogP contribution in [0.25, 0.3) is 0 Å². The first-order valence-corrected chi connectivity index (χ1v) is 16.6. The molecule has 2 heterocycles. The number of primary amides is 1. The average Bonchev–Trinajstić information content (AvgIpc) is 3.58. The van der Waals surface area contributed by atoms with Crippen LogP contribution in [-0.2, 0) is 32.1 Å². The van der Waals surface area contributed by atoms with Crippen molar-refractivity contribution < 1.29 is 70.4 Å². The molecule has 8 N–H and O–H groups in total. The summed E-state index contributed by atoms with van der Waals surface area (Å²) in [6.07, 6.45) is -6.59. The third-order valence-corrected chi connectivity index (χ3v) is 7.99. The van der Waals surface area contributed by atoms with Crippen molar-refractivity contribution in [2.75, 3.05) is 36.0 Å². The molecule has 0 radical (unpaired) electrons. The van der Waals surface area contributed by atoms with Crippen LogP contribution in [-0.4, -0.2) is 89.5 Å². The highest BCUT2D eigenvalue weighted by atomic mass is 19.4. The Balaban J connectivity index is 0.000000291. The lowest BCUT2D eigenvalue weighted by atomic mass is 9.94. The molecular weight excluding hydrogens is 760 g/mol. The van der Waals surface area contributed by atoms with Gasteiger partial charge in [-0.3, -0.25) is 24.1 Å². The summed E-state index contributed by atoms with van der Waals surface area (Å²) in [5.74, 6) is -6.75. The number of carbonyl (C=O) groups is 6. The Kier molecular flexibility index (Phi) is 17.4. The molecule has 1 fully saturated rings. The average molecular weight is 800 g/mol. The van der Waals surface area contributed by atoms with Gasteiger partial charge < -0.3 is 37.0 Å². The predicted octanol–water partition coefficient (Wildman–Crippen LogP) is 4.21. The van der Waals surface area contributed by atoms with Crippen molar-refractivity contribution in [2.45, 2.75) is 44.6 Å². The molecule has 304 valence electrons. The first-order valence-electron chi connectivity index (χ1n) is 16.6. The van der Waals surface area contributed by atoms with Gasteiger partial charge in [-0.1, -0.05) is 36.4 Å². The smallest absolute Gasteiger partial charge is 0.480 e. The number of carboxylic acid groups (broad SMARTS) is 3. The lowest BCUT2D eigenvalue weighted by Crippen LogP contribution is -2.35. The van der Waals surface area contributed by atoms with Crippen LogP contribution in [0.15, 0.2) is 72.8 Å². The number of hydrogen-bond donors (Lipinski definition) is 6. The minimum Gasteiger partial charge on any atom is -0.480 e. The number of aliphatic carboxylic acids is 3. The number of anilines is 2. The van der Waals surface area contributed by atoms with E-state index in [0.717, 1.165) is 49.2 Å². The van der Waals surface area contributed by atoms with Gasteiger partial charge in [0.2, 0.25) is 11.8 Å². The number of fused-ring (bicyclic) bond motifs is 1. The van der Waals surface area contributed by atoms with Crippen LogP contribution < -0.4 is 26.6 Å². The second kappa shape index (κ2) is 21.2. The number of alkyl halides is 6. The predicted molar refractivity (Wildman–Crippen MR) is 189 cm³/mol. The molecule has 56 heavy (non-hydrogen) atoms. The summed E-state index contributed by atoms with van der Waals surface area (Å²) in [5, 5.41) is 26.6. The number of piperidine rings is 1. The van der Waals surface area contributed by atoms with Gasteiger partial charge in [-0.05, 0) is 85.8 Å². The number of nitrogens with one attached hydrogen (secondary N) is 1. The minimum atomic E-state index is -5.08. The first-order chi connectivity index (χ1) is 26.1. The van der Waals surface area contributed by atoms with Gasteiger partial charge in [-0.15, -0.1) is 0 Å². The van der Waals surface area contributed by atoms with Gasteiger partial charge in [0.15, 0.2) is 0 Å². The van der Waals surface area contributed by atoms with E-state index < -0.39 is 42.7 Å². The largest absolute Gasteiger partial charge is 0.490 e. The van der Waals surface area contributed by atoms with E-state index in [4.69, 9.17) is 36.4 Å². The van der Waals surface area contributed by atoms with Crippen LogP contribution in [0.3, 0.4) is 0 Å². The van der Waals surface area contributed by atoms with Crippen molar-refractivity contribution in [3.63, 3.8) is 0 Å². The number of nitrogens with two attached hydrogens (primary N) is 2. The highest BCUT2D eigenvalue weighted by molar-refractivity contribution is 6.08. The summed E-state index contributed by atoms with van der Waals surface area (Å²) in [6, 6.07) is 21.0. The highest BCUT2D eigenvalue weighted by Gasteiger charge is 2.39. The van der Waals surface area contributed by atoms with Gasteiger partial charge in [0.25, 0.3) is 5.91 Å². The molecule has 3 amide bonds. The molecule has 0 unspecified atom stereocenters. The fourth-order valence-corrected chi connectivity index (χ4v) is 5.25. The molecular formula is C36H39F6N5O9. The van der Waals surface area contributed by atoms with Crippen molar-refractivity contribution in [1.82, 2.24) is 5.32 Å². The highest BCUT2D eigenvalue weighted by Crippen LogP contribution is 2.31. The summed E-state index contributed by atoms with van der Waals surface area (Å²) in [6.45, 7) is 2.64. The lowest BCUT2D eigenvalue weighted by Gasteiger charge is -2.25. The zero-order valence-corrected chi connectivity index (χ0v) is 29.5. The molecule has 0 spiro atoms. The van der Waals surface area contributed by atoms with E-state index in [1.807, 2.05) is 23.1 Å². The number of hydrogen-bond acceptors (Lipinski definition) is 8. The summed E-state index contributed by atoms with van der Waals surface area (Å²) >= 11 is 0. The van der Waals surface area contributed by atoms with Crippen LogP contribution >= 0.6 is 0 Å². The Hall–Kier alpha value is -6.02. The molecule has 5 rings (SSSR count). The van der Waals surface area contributed by atoms with Gasteiger partial charge in [0, 0.05) is 42.0 Å². The van der Waals surface area contributed by atoms with E-state index in [-0.39, 0.29) is 11.8 Å². The van der Waals surface area contributed by atoms with Crippen molar-refractivity contribution >= 4 is 47.0 Å². The van der Waals surface area contributed by atoms with Crippen molar-refractivity contribution in [1.29, 1.82) is 0 Å². The molecule has 2 aliphatic rings. The zero-order valence-electron chi connectivity index (χ0n) is 29.5. The third kappa shape index (κ3) is 15.0. The van der Waals surface area contributed by atoms with Crippen LogP contribution in [0, 0.1) is 5.92 Å². The quantitative estimate of drug-likeness (QED) is 0.177. The Morgan fingerprint density at radius 1 is 0.786 bits per heavy atom. The topological polar surface area (TPSA) is 234 Å². The van der Waals surface area contributed by atoms with E-state index in [0.29, 0.717) is 42.2 Å². The molecule has 3 aromatic carbocycles. The van der Waals surface area contributed by atoms with Gasteiger partial charge in [0.1, 0.15) is 6.54 Å². The third-order valence-electron chi connectivity index (χ3n) is 7.99. The van der Waals surface area contributed by atoms with Crippen LogP contribution in [0.5, 0.6) is 0 Å². The number of benzene rings is 3. The zero-order chi connectivity index (χ0) is 42.2. The van der Waals surface area contributed by atoms with E-state index in [1.54, 1.807) is 54.6 Å². The van der Waals surface area contributed by atoms with Crippen LogP contribution in [0.1, 0.15) is 51.1 Å². The number of nitrogens with zero attached hydrogens (tertiary/aromatic N) is 2. The molecule has 1 saturated heterocycles. The maximum atomic E-state index is 12.6. The van der Waals surface area contributed by atoms with Crippen molar-refractivity contribution in [3.8, 4) is 0 Å². The SMILES string of the molecule is NC(=O)c1ccc2c(c1)N(C(=O)CC1CCNCC1)CC2.NCc1cccc(C(=O)N(CC(=O)O)c2ccccc2)c1.O=C(O)C(F)(F)F.O=C(O)C(F)(F)F. The van der Waals surface area contributed by atoms with E-state index >= 15 is 0 Å². The second-order valence-electron chi connectivity index (χ2n) is 12.0. The van der Waals surface area contributed by atoms with Gasteiger partial charge in [-0.2, -0.15) is 26.3 Å². The monoisotopic (exact) mass is 799 g/mol. The molecule has 0 saturated carbocycles. The number of para-hydroxylation sites is 1. The summed E-state index contributed by atoms with van der Waals surface area (Å²) < 4.78 is 63.5. The normalized spacial score (nSPS) is 13.6. The standard InChI is InChI=1S/C16H21N3O2.C16H16N2O3.2C2HF3O2/c17-16(21)13-2-1-12-5-8-19(14(12)10-13)15(20)9-11-3-6-18-7-4-11;17-10-12-5-4-6-13(9-12)16(21)18(11-15(19)20)14-7-2-1-3-8-14;2*3-2(4,5)1(6)7/h1-2,10-11,18H,3-9H2,(H2,17,21);1-9H,10-11,17H2,(H,19,20);2*(H,6,7). The van der Waals surface area contributed by atoms with Gasteiger partial charge in [0.05, 0.1) is 0 Å². The molecule has 0 aromatic heterocycles. The Morgan fingerprint density at radius 3 is 1.86 bits per heavy atom. The van der Waals surface area contributed by atoms with Gasteiger partial charge >= 0.3 is 30.3 Å². The van der Waals surface area contributed by atoms with Gasteiger partial charge in [-0.25, -0.2) is 9.59 Å². The molecule has 3 aromatic rings. The lowest BCUT2D eigenvalue weighted by molar-refractivity contribution is -0.193. The van der Waals surface area contributed by atoms with Crippen molar-refractivity contribution in [2.24, 2.45) is 17.4 Å². The Bertz CT molecular complexity index is 1810. The van der Waals surface area contributed by atoms with Crippen molar-refractivity contribution in [3.05, 3.63) is 95.1 Å². The fourth-order valence-electron chi connectivity index (χ4n) is 5.25. The Morgan fingerprint density at radius 2 is 1.36 bits per heavy atom. The second-order valence-corrected chi connectivity index (χ2v) is 12.0. The Labute approximate surface area is 315 Å². The molecule has 0 aliphatic carbocycles. The van der Waals surface area contributed by atoms with E-state index in [2.05, 4.69) is 5.32 Å². The summed E-state index contributed by atoms with van der Waals surface area (Å²) in [4.78, 5) is 68.3. The first kappa shape index (κ1) is 46.1. The molecule has 14 nitrogen and oxygen atoms in total.